The Morgan fingerprint density at radius 2 is 1.88 bits per heavy atom. The van der Waals surface area contributed by atoms with Crippen LogP contribution in [-0.2, 0) is 19.1 Å². The molecule has 0 saturated heterocycles. The predicted octanol–water partition coefficient (Wildman–Crippen LogP) is 2.09. The van der Waals surface area contributed by atoms with Crippen LogP contribution in [0.3, 0.4) is 0 Å². The van der Waals surface area contributed by atoms with E-state index in [1.165, 1.54) is 25.2 Å². The first kappa shape index (κ1) is 17.8. The number of hydrogen-bond donors (Lipinski definition) is 1. The maximum atomic E-state index is 12.3. The summed E-state index contributed by atoms with van der Waals surface area (Å²) in [7, 11) is 4.17. The highest BCUT2D eigenvalue weighted by molar-refractivity contribution is 6.05. The summed E-state index contributed by atoms with van der Waals surface area (Å²) in [5.74, 6) is -1.37. The predicted molar refractivity (Wildman–Crippen MR) is 92.5 cm³/mol. The van der Waals surface area contributed by atoms with E-state index < -0.39 is 11.9 Å². The van der Waals surface area contributed by atoms with Crippen molar-refractivity contribution in [2.24, 2.45) is 0 Å². The number of hydrogen-bond acceptors (Lipinski definition) is 7. The average molecular weight is 339 g/mol. The zero-order chi connectivity index (χ0) is 18.4. The molecule has 0 amide bonds. The van der Waals surface area contributed by atoms with Crippen molar-refractivity contribution in [1.29, 1.82) is 5.26 Å². The van der Waals surface area contributed by atoms with E-state index >= 15 is 0 Å². The van der Waals surface area contributed by atoms with Gasteiger partial charge in [0, 0.05) is 18.9 Å². The van der Waals surface area contributed by atoms with Gasteiger partial charge in [0.25, 0.3) is 0 Å². The number of ether oxygens (including phenoxy) is 2. The molecule has 0 aromatic heterocycles. The minimum atomic E-state index is -0.701. The van der Waals surface area contributed by atoms with Crippen LogP contribution in [0.25, 0.3) is 0 Å². The van der Waals surface area contributed by atoms with E-state index in [-0.39, 0.29) is 11.3 Å². The molecule has 128 valence electrons. The molecule has 0 bridgehead atoms. The molecule has 1 aliphatic rings. The summed E-state index contributed by atoms with van der Waals surface area (Å²) in [6.45, 7) is 0. The van der Waals surface area contributed by atoms with Crippen molar-refractivity contribution < 1.29 is 19.1 Å². The molecule has 25 heavy (non-hydrogen) atoms. The van der Waals surface area contributed by atoms with Gasteiger partial charge in [0.05, 0.1) is 31.0 Å². The fourth-order valence-electron chi connectivity index (χ4n) is 2.36. The minimum Gasteiger partial charge on any atom is -0.465 e. The molecule has 0 atom stereocenters. The van der Waals surface area contributed by atoms with E-state index in [0.29, 0.717) is 16.9 Å². The molecule has 1 aromatic carbocycles. The maximum absolute atomic E-state index is 12.3. The average Bonchev–Trinajstić information content (AvgIpc) is 2.88. The van der Waals surface area contributed by atoms with Gasteiger partial charge in [-0.25, -0.2) is 9.59 Å². The van der Waals surface area contributed by atoms with Crippen LogP contribution in [0, 0.1) is 11.3 Å². The number of benzene rings is 1. The lowest BCUT2D eigenvalue weighted by molar-refractivity contribution is -0.139. The van der Waals surface area contributed by atoms with E-state index in [2.05, 4.69) is 11.4 Å². The van der Waals surface area contributed by atoms with E-state index in [1.807, 2.05) is 0 Å². The van der Waals surface area contributed by atoms with Gasteiger partial charge >= 0.3 is 11.9 Å². The zero-order valence-electron chi connectivity index (χ0n) is 14.1. The van der Waals surface area contributed by atoms with Crippen molar-refractivity contribution >= 4 is 23.3 Å². The van der Waals surface area contributed by atoms with Crippen molar-refractivity contribution in [2.75, 3.05) is 31.5 Å². The first-order valence-corrected chi connectivity index (χ1v) is 7.34. The van der Waals surface area contributed by atoms with E-state index in [9.17, 15) is 14.9 Å². The third kappa shape index (κ3) is 3.53. The van der Waals surface area contributed by atoms with E-state index in [1.54, 1.807) is 43.6 Å². The largest absolute Gasteiger partial charge is 0.465 e. The van der Waals surface area contributed by atoms with Crippen molar-refractivity contribution in [3.8, 4) is 6.07 Å². The van der Waals surface area contributed by atoms with Crippen LogP contribution in [0.5, 0.6) is 0 Å². The second-order valence-corrected chi connectivity index (χ2v) is 4.91. The van der Waals surface area contributed by atoms with Gasteiger partial charge in [0.2, 0.25) is 0 Å². The van der Waals surface area contributed by atoms with Gasteiger partial charge in [-0.3, -0.25) is 0 Å². The Kier molecular flexibility index (Phi) is 5.58. The Bertz CT molecular complexity index is 831. The van der Waals surface area contributed by atoms with Crippen LogP contribution in [0.2, 0.25) is 0 Å². The molecule has 1 N–H and O–H groups in total. The normalized spacial score (nSPS) is 13.1. The summed E-state index contributed by atoms with van der Waals surface area (Å²) in [5.41, 5.74) is 1.63. The Morgan fingerprint density at radius 1 is 1.16 bits per heavy atom. The quantitative estimate of drug-likeness (QED) is 0.840. The summed E-state index contributed by atoms with van der Waals surface area (Å²) >= 11 is 0. The highest BCUT2D eigenvalue weighted by Crippen LogP contribution is 2.29. The Balaban J connectivity index is 2.67. The molecule has 1 heterocycles. The fourth-order valence-corrected chi connectivity index (χ4v) is 2.36. The molecule has 0 saturated carbocycles. The van der Waals surface area contributed by atoms with Crippen LogP contribution in [-0.4, -0.2) is 33.2 Å². The summed E-state index contributed by atoms with van der Waals surface area (Å²) in [6.07, 6.45) is 6.36. The van der Waals surface area contributed by atoms with Gasteiger partial charge in [-0.05, 0) is 30.4 Å². The molecule has 7 heteroatoms. The number of nitrogens with zero attached hydrogens (tertiary/aromatic N) is 2. The molecule has 0 spiro atoms. The molecule has 0 aliphatic carbocycles. The highest BCUT2D eigenvalue weighted by atomic mass is 16.5. The second-order valence-electron chi connectivity index (χ2n) is 4.91. The lowest BCUT2D eigenvalue weighted by atomic mass is 10.1. The van der Waals surface area contributed by atoms with Gasteiger partial charge in [-0.15, -0.1) is 0 Å². The monoisotopic (exact) mass is 339 g/mol. The standard InChI is InChI=1S/C18H17N3O4/c1-20-15-8-7-13(10-12(15)11-19)21-9-5-4-6-14(17(22)24-2)16(21)18(23)25-3/h4-10,20H,1-3H3. The highest BCUT2D eigenvalue weighted by Gasteiger charge is 2.27. The van der Waals surface area contributed by atoms with Crippen molar-refractivity contribution in [3.05, 3.63) is 59.5 Å². The molecule has 0 radical (unpaired) electrons. The number of allylic oxidation sites excluding steroid dienone is 2. The number of nitrogens with one attached hydrogen (secondary N) is 1. The summed E-state index contributed by atoms with van der Waals surface area (Å²) in [6, 6.07) is 7.14. The minimum absolute atomic E-state index is 0.000414. The maximum Gasteiger partial charge on any atom is 0.355 e. The molecule has 0 unspecified atom stereocenters. The van der Waals surface area contributed by atoms with Crippen molar-refractivity contribution in [3.63, 3.8) is 0 Å². The molecular formula is C18H17N3O4. The number of nitriles is 1. The topological polar surface area (TPSA) is 91.7 Å². The van der Waals surface area contributed by atoms with Crippen LogP contribution in [0.1, 0.15) is 5.56 Å². The van der Waals surface area contributed by atoms with Crippen LogP contribution in [0.15, 0.2) is 53.9 Å². The Hall–Kier alpha value is -3.53. The second kappa shape index (κ2) is 7.84. The lowest BCUT2D eigenvalue weighted by Gasteiger charge is -2.23. The number of rotatable bonds is 4. The van der Waals surface area contributed by atoms with Gasteiger partial charge in [-0.2, -0.15) is 5.26 Å². The molecule has 1 aliphatic heterocycles. The van der Waals surface area contributed by atoms with Gasteiger partial charge in [-0.1, -0.05) is 6.08 Å². The first-order valence-electron chi connectivity index (χ1n) is 7.34. The van der Waals surface area contributed by atoms with E-state index in [0.717, 1.165) is 0 Å². The van der Waals surface area contributed by atoms with Crippen molar-refractivity contribution in [2.45, 2.75) is 0 Å². The van der Waals surface area contributed by atoms with Gasteiger partial charge in [0.1, 0.15) is 11.8 Å². The fraction of sp³-hybridized carbons (Fsp3) is 0.167. The number of methoxy groups -OCH3 is 2. The number of carbonyl (C=O) groups excluding carboxylic acids is 2. The Labute approximate surface area is 145 Å². The smallest absolute Gasteiger partial charge is 0.355 e. The number of carbonyl (C=O) groups is 2. The summed E-state index contributed by atoms with van der Waals surface area (Å²) in [5, 5.41) is 12.2. The van der Waals surface area contributed by atoms with Gasteiger partial charge in [0.15, 0.2) is 0 Å². The van der Waals surface area contributed by atoms with Crippen LogP contribution < -0.4 is 10.2 Å². The number of esters is 2. The van der Waals surface area contributed by atoms with Crippen LogP contribution >= 0.6 is 0 Å². The third-order valence-corrected chi connectivity index (χ3v) is 3.56. The summed E-state index contributed by atoms with van der Waals surface area (Å²) < 4.78 is 9.60. The van der Waals surface area contributed by atoms with Crippen molar-refractivity contribution in [1.82, 2.24) is 0 Å². The SMILES string of the molecule is CNc1ccc(N2C=CC=CC(C(=O)OC)=C2C(=O)OC)cc1C#N. The number of anilines is 2. The molecule has 2 rings (SSSR count). The third-order valence-electron chi connectivity index (χ3n) is 3.56. The molecule has 7 nitrogen and oxygen atoms in total. The van der Waals surface area contributed by atoms with E-state index in [4.69, 9.17) is 9.47 Å². The Morgan fingerprint density at radius 3 is 2.48 bits per heavy atom. The lowest BCUT2D eigenvalue weighted by Crippen LogP contribution is -2.27. The van der Waals surface area contributed by atoms with Crippen LogP contribution in [0.4, 0.5) is 11.4 Å². The molecular weight excluding hydrogens is 322 g/mol. The molecule has 1 aromatic rings. The first-order chi connectivity index (χ1) is 12.1. The molecule has 0 fully saturated rings. The summed E-state index contributed by atoms with van der Waals surface area (Å²) in [4.78, 5) is 25.9. The van der Waals surface area contributed by atoms with Gasteiger partial charge < -0.3 is 19.7 Å². The zero-order valence-corrected chi connectivity index (χ0v) is 14.1.